The van der Waals surface area contributed by atoms with E-state index in [-0.39, 0.29) is 23.1 Å². The zero-order chi connectivity index (χ0) is 15.2. The molecule has 1 aromatic rings. The Morgan fingerprint density at radius 2 is 2.05 bits per heavy atom. The van der Waals surface area contributed by atoms with Crippen LogP contribution in [0.2, 0.25) is 5.02 Å². The first-order valence-electron chi connectivity index (χ1n) is 6.44. The highest BCUT2D eigenvalue weighted by atomic mass is 35.5. The van der Waals surface area contributed by atoms with Gasteiger partial charge in [-0.3, -0.25) is 0 Å². The molecule has 0 radical (unpaired) electrons. The highest BCUT2D eigenvalue weighted by Crippen LogP contribution is 2.25. The molecule has 7 heteroatoms. The third kappa shape index (κ3) is 4.17. The van der Waals surface area contributed by atoms with Crippen molar-refractivity contribution in [2.45, 2.75) is 25.3 Å². The van der Waals surface area contributed by atoms with Crippen molar-refractivity contribution in [3.63, 3.8) is 0 Å². The lowest BCUT2D eigenvalue weighted by molar-refractivity contribution is 0.135. The van der Waals surface area contributed by atoms with Crippen molar-refractivity contribution < 1.29 is 18.3 Å². The summed E-state index contributed by atoms with van der Waals surface area (Å²) in [7, 11) is -3.68. The predicted molar refractivity (Wildman–Crippen MR) is 78.3 cm³/mol. The van der Waals surface area contributed by atoms with Gasteiger partial charge in [0, 0.05) is 19.7 Å². The van der Waals surface area contributed by atoms with Crippen LogP contribution in [0.3, 0.4) is 0 Å². The number of aliphatic hydroxyl groups excluding tert-OH is 1. The van der Waals surface area contributed by atoms with E-state index in [1.807, 2.05) is 6.92 Å². The predicted octanol–water partition coefficient (Wildman–Crippen LogP) is 1.88. The van der Waals surface area contributed by atoms with E-state index in [0.29, 0.717) is 25.3 Å². The highest BCUT2D eigenvalue weighted by Gasteiger charge is 2.25. The molecule has 1 N–H and O–H groups in total. The van der Waals surface area contributed by atoms with E-state index in [4.69, 9.17) is 21.4 Å². The number of halogens is 1. The minimum absolute atomic E-state index is 0.0177. The topological polar surface area (TPSA) is 66.8 Å². The molecule has 0 aliphatic carbocycles. The Morgan fingerprint density at radius 3 is 2.60 bits per heavy atom. The van der Waals surface area contributed by atoms with Gasteiger partial charge in [0.05, 0.1) is 18.2 Å². The molecule has 0 saturated carbocycles. The largest absolute Gasteiger partial charge is 0.392 e. The number of rotatable bonds is 8. The number of hydrogen-bond acceptors (Lipinski definition) is 4. The maximum Gasteiger partial charge on any atom is 0.244 e. The summed E-state index contributed by atoms with van der Waals surface area (Å²) in [6.07, 6.45) is 0. The van der Waals surface area contributed by atoms with Gasteiger partial charge in [0.1, 0.15) is 4.90 Å². The van der Waals surface area contributed by atoms with Crippen LogP contribution in [0.15, 0.2) is 23.1 Å². The first-order chi connectivity index (χ1) is 9.47. The van der Waals surface area contributed by atoms with Gasteiger partial charge in [-0.1, -0.05) is 24.6 Å². The van der Waals surface area contributed by atoms with Crippen LogP contribution in [0.25, 0.3) is 0 Å². The van der Waals surface area contributed by atoms with Crippen molar-refractivity contribution in [3.05, 3.63) is 28.8 Å². The molecule has 114 valence electrons. The molecule has 5 nitrogen and oxygen atoms in total. The molecule has 0 unspecified atom stereocenters. The molecular weight excluding hydrogens is 302 g/mol. The Hall–Kier alpha value is -0.660. The SMILES string of the molecule is CCOCCN(CC)S(=O)(=O)c1cc(CO)ccc1Cl. The lowest BCUT2D eigenvalue weighted by atomic mass is 10.2. The van der Waals surface area contributed by atoms with Crippen molar-refractivity contribution in [1.29, 1.82) is 0 Å². The molecule has 0 fully saturated rings. The molecule has 0 saturated heterocycles. The van der Waals surface area contributed by atoms with Gasteiger partial charge in [0.25, 0.3) is 0 Å². The summed E-state index contributed by atoms with van der Waals surface area (Å²) < 4.78 is 31.6. The van der Waals surface area contributed by atoms with Crippen molar-refractivity contribution in [3.8, 4) is 0 Å². The van der Waals surface area contributed by atoms with Gasteiger partial charge in [-0.2, -0.15) is 4.31 Å². The second kappa shape index (κ2) is 7.95. The second-order valence-electron chi connectivity index (χ2n) is 4.12. The highest BCUT2D eigenvalue weighted by molar-refractivity contribution is 7.89. The number of sulfonamides is 1. The van der Waals surface area contributed by atoms with Gasteiger partial charge in [-0.25, -0.2) is 8.42 Å². The van der Waals surface area contributed by atoms with Crippen LogP contribution in [-0.4, -0.2) is 44.1 Å². The first kappa shape index (κ1) is 17.4. The van der Waals surface area contributed by atoms with E-state index in [9.17, 15) is 8.42 Å². The first-order valence-corrected chi connectivity index (χ1v) is 8.26. The number of benzene rings is 1. The van der Waals surface area contributed by atoms with Crippen LogP contribution in [0.1, 0.15) is 19.4 Å². The minimum Gasteiger partial charge on any atom is -0.392 e. The molecule has 1 rings (SSSR count). The zero-order valence-corrected chi connectivity index (χ0v) is 13.2. The Labute approximate surface area is 125 Å². The van der Waals surface area contributed by atoms with Crippen LogP contribution >= 0.6 is 11.6 Å². The molecule has 0 spiro atoms. The minimum atomic E-state index is -3.68. The summed E-state index contributed by atoms with van der Waals surface area (Å²) in [5.41, 5.74) is 0.508. The number of hydrogen-bond donors (Lipinski definition) is 1. The van der Waals surface area contributed by atoms with E-state index < -0.39 is 10.0 Å². The van der Waals surface area contributed by atoms with Gasteiger partial charge in [0.15, 0.2) is 0 Å². The third-order valence-electron chi connectivity index (χ3n) is 2.84. The Bertz CT molecular complexity index is 533. The van der Waals surface area contributed by atoms with Crippen molar-refractivity contribution in [1.82, 2.24) is 4.31 Å². The van der Waals surface area contributed by atoms with Gasteiger partial charge in [-0.05, 0) is 24.6 Å². The lowest BCUT2D eigenvalue weighted by Gasteiger charge is -2.21. The molecule has 0 aromatic heterocycles. The summed E-state index contributed by atoms with van der Waals surface area (Å²) in [5.74, 6) is 0. The van der Waals surface area contributed by atoms with Gasteiger partial charge < -0.3 is 9.84 Å². The molecule has 0 amide bonds. The van der Waals surface area contributed by atoms with E-state index >= 15 is 0 Å². The van der Waals surface area contributed by atoms with Crippen molar-refractivity contribution in [2.24, 2.45) is 0 Å². The maximum atomic E-state index is 12.6. The number of ether oxygens (including phenoxy) is 1. The monoisotopic (exact) mass is 321 g/mol. The number of aliphatic hydroxyl groups is 1. The zero-order valence-electron chi connectivity index (χ0n) is 11.7. The summed E-state index contributed by atoms with van der Waals surface area (Å²) in [5, 5.41) is 9.27. The molecule has 20 heavy (non-hydrogen) atoms. The second-order valence-corrected chi connectivity index (χ2v) is 6.43. The van der Waals surface area contributed by atoms with Crippen LogP contribution in [-0.2, 0) is 21.4 Å². The molecule has 0 heterocycles. The average Bonchev–Trinajstić information content (AvgIpc) is 2.43. The number of likely N-dealkylation sites (N-methyl/N-ethyl adjacent to an activating group) is 1. The van der Waals surface area contributed by atoms with Gasteiger partial charge in [0.2, 0.25) is 10.0 Å². The average molecular weight is 322 g/mol. The lowest BCUT2D eigenvalue weighted by Crippen LogP contribution is -2.34. The quantitative estimate of drug-likeness (QED) is 0.742. The maximum absolute atomic E-state index is 12.6. The van der Waals surface area contributed by atoms with Crippen LogP contribution in [0, 0.1) is 0 Å². The Morgan fingerprint density at radius 1 is 1.35 bits per heavy atom. The van der Waals surface area contributed by atoms with E-state index in [1.165, 1.54) is 16.4 Å². The fraction of sp³-hybridized carbons (Fsp3) is 0.538. The van der Waals surface area contributed by atoms with Crippen LogP contribution in [0.4, 0.5) is 0 Å². The normalized spacial score (nSPS) is 12.1. The molecule has 0 bridgehead atoms. The molecule has 1 aromatic carbocycles. The van der Waals surface area contributed by atoms with E-state index in [0.717, 1.165) is 0 Å². The smallest absolute Gasteiger partial charge is 0.244 e. The summed E-state index contributed by atoms with van der Waals surface area (Å²) in [6, 6.07) is 4.48. The molecule has 0 atom stereocenters. The van der Waals surface area contributed by atoms with Gasteiger partial charge >= 0.3 is 0 Å². The summed E-state index contributed by atoms with van der Waals surface area (Å²) >= 11 is 5.98. The summed E-state index contributed by atoms with van der Waals surface area (Å²) in [4.78, 5) is 0.0177. The number of nitrogens with zero attached hydrogens (tertiary/aromatic N) is 1. The Balaban J connectivity index is 3.07. The van der Waals surface area contributed by atoms with Crippen molar-refractivity contribution >= 4 is 21.6 Å². The van der Waals surface area contributed by atoms with Gasteiger partial charge in [-0.15, -0.1) is 0 Å². The fourth-order valence-electron chi connectivity index (χ4n) is 1.74. The van der Waals surface area contributed by atoms with E-state index in [1.54, 1.807) is 13.0 Å². The molecule has 0 aliphatic rings. The third-order valence-corrected chi connectivity index (χ3v) is 5.29. The standard InChI is InChI=1S/C13H20ClNO4S/c1-3-15(7-8-19-4-2)20(17,18)13-9-11(10-16)5-6-12(13)14/h5-6,9,16H,3-4,7-8,10H2,1-2H3. The van der Waals surface area contributed by atoms with E-state index in [2.05, 4.69) is 0 Å². The summed E-state index contributed by atoms with van der Waals surface area (Å²) in [6.45, 7) is 4.85. The van der Waals surface area contributed by atoms with Crippen LogP contribution < -0.4 is 0 Å². The fourth-order valence-corrected chi connectivity index (χ4v) is 3.70. The van der Waals surface area contributed by atoms with Crippen LogP contribution in [0.5, 0.6) is 0 Å². The molecule has 0 aliphatic heterocycles. The Kier molecular flexibility index (Phi) is 6.91. The van der Waals surface area contributed by atoms with Crippen molar-refractivity contribution in [2.75, 3.05) is 26.3 Å². The molecular formula is C13H20ClNO4S.